The van der Waals surface area contributed by atoms with Crippen LogP contribution in [0.4, 0.5) is 0 Å². The summed E-state index contributed by atoms with van der Waals surface area (Å²) >= 11 is 0. The van der Waals surface area contributed by atoms with Crippen molar-refractivity contribution in [3.8, 4) is 0 Å². The van der Waals surface area contributed by atoms with Crippen LogP contribution in [-0.4, -0.2) is 12.1 Å². The molecule has 0 aromatic carbocycles. The van der Waals surface area contributed by atoms with Gasteiger partial charge in [-0.1, -0.05) is 0 Å². The molecule has 1 saturated carbocycles. The standard InChI is InChI=1S/C7H10O2/c8-7-4-5-1-2-6(3-5)9-7/h5-6H,1-4H2/t5-,6-/m0/s1. The molecule has 9 heavy (non-hydrogen) atoms. The van der Waals surface area contributed by atoms with E-state index in [1.54, 1.807) is 0 Å². The molecular formula is C7H10O2. The third kappa shape index (κ3) is 0.824. The SMILES string of the molecule is O=C1C[C@H]2CC[C@@H](C2)O1. The largest absolute Gasteiger partial charge is 0.462 e. The molecule has 0 spiro atoms. The highest BCUT2D eigenvalue weighted by molar-refractivity contribution is 5.70. The lowest BCUT2D eigenvalue weighted by Gasteiger charge is -2.17. The average molecular weight is 126 g/mol. The Morgan fingerprint density at radius 2 is 2.33 bits per heavy atom. The maximum Gasteiger partial charge on any atom is 0.306 e. The van der Waals surface area contributed by atoms with Crippen molar-refractivity contribution >= 4 is 5.97 Å². The molecule has 2 atom stereocenters. The van der Waals surface area contributed by atoms with Crippen molar-refractivity contribution in [2.75, 3.05) is 0 Å². The van der Waals surface area contributed by atoms with Crippen molar-refractivity contribution in [2.24, 2.45) is 5.92 Å². The Balaban J connectivity index is 2.11. The van der Waals surface area contributed by atoms with E-state index in [4.69, 9.17) is 4.74 Å². The molecule has 0 N–H and O–H groups in total. The van der Waals surface area contributed by atoms with E-state index in [0.717, 1.165) is 12.8 Å². The molecular weight excluding hydrogens is 116 g/mol. The molecule has 1 saturated heterocycles. The van der Waals surface area contributed by atoms with Gasteiger partial charge in [-0.2, -0.15) is 0 Å². The topological polar surface area (TPSA) is 26.3 Å². The van der Waals surface area contributed by atoms with Crippen LogP contribution in [0, 0.1) is 5.92 Å². The summed E-state index contributed by atoms with van der Waals surface area (Å²) < 4.78 is 5.04. The van der Waals surface area contributed by atoms with E-state index < -0.39 is 0 Å². The Kier molecular flexibility index (Phi) is 1.01. The first-order valence-corrected chi connectivity index (χ1v) is 3.54. The summed E-state index contributed by atoms with van der Waals surface area (Å²) in [6.07, 6.45) is 4.41. The number of carbonyl (C=O) groups excluding carboxylic acids is 1. The van der Waals surface area contributed by atoms with Gasteiger partial charge >= 0.3 is 5.97 Å². The molecule has 2 aliphatic rings. The molecule has 1 aliphatic heterocycles. The van der Waals surface area contributed by atoms with Crippen LogP contribution in [0.25, 0.3) is 0 Å². The number of ether oxygens (including phenoxy) is 1. The predicted molar refractivity (Wildman–Crippen MR) is 31.8 cm³/mol. The van der Waals surface area contributed by atoms with Crippen LogP contribution in [0.15, 0.2) is 0 Å². The summed E-state index contributed by atoms with van der Waals surface area (Å²) in [5.74, 6) is 0.685. The van der Waals surface area contributed by atoms with Gasteiger partial charge in [0.25, 0.3) is 0 Å². The highest BCUT2D eigenvalue weighted by Gasteiger charge is 2.34. The summed E-state index contributed by atoms with van der Waals surface area (Å²) in [6, 6.07) is 0. The van der Waals surface area contributed by atoms with E-state index in [-0.39, 0.29) is 12.1 Å². The van der Waals surface area contributed by atoms with Crippen molar-refractivity contribution in [1.82, 2.24) is 0 Å². The summed E-state index contributed by atoms with van der Waals surface area (Å²) in [6.45, 7) is 0. The summed E-state index contributed by atoms with van der Waals surface area (Å²) in [5.41, 5.74) is 0. The molecule has 1 heterocycles. The molecule has 1 aliphatic carbocycles. The van der Waals surface area contributed by atoms with Crippen molar-refractivity contribution in [2.45, 2.75) is 31.8 Å². The van der Waals surface area contributed by atoms with Crippen LogP contribution in [0.1, 0.15) is 25.7 Å². The Morgan fingerprint density at radius 1 is 1.44 bits per heavy atom. The summed E-state index contributed by atoms with van der Waals surface area (Å²) in [7, 11) is 0. The molecule has 2 fully saturated rings. The van der Waals surface area contributed by atoms with E-state index in [0.29, 0.717) is 12.3 Å². The van der Waals surface area contributed by atoms with E-state index in [9.17, 15) is 4.79 Å². The fraction of sp³-hybridized carbons (Fsp3) is 0.857. The zero-order chi connectivity index (χ0) is 6.27. The number of fused-ring (bicyclic) bond motifs is 2. The smallest absolute Gasteiger partial charge is 0.306 e. The van der Waals surface area contributed by atoms with Crippen LogP contribution in [0.3, 0.4) is 0 Å². The fourth-order valence-electron chi connectivity index (χ4n) is 1.79. The Bertz CT molecular complexity index is 128. The van der Waals surface area contributed by atoms with Crippen LogP contribution in [0.2, 0.25) is 0 Å². The third-order valence-electron chi connectivity index (χ3n) is 2.25. The van der Waals surface area contributed by atoms with Gasteiger partial charge in [0, 0.05) is 6.42 Å². The molecule has 50 valence electrons. The van der Waals surface area contributed by atoms with Crippen molar-refractivity contribution in [3.05, 3.63) is 0 Å². The van der Waals surface area contributed by atoms with Crippen LogP contribution in [0.5, 0.6) is 0 Å². The molecule has 0 unspecified atom stereocenters. The van der Waals surface area contributed by atoms with Crippen molar-refractivity contribution < 1.29 is 9.53 Å². The number of hydrogen-bond donors (Lipinski definition) is 0. The van der Waals surface area contributed by atoms with E-state index in [1.165, 1.54) is 6.42 Å². The maximum atomic E-state index is 10.7. The molecule has 0 aromatic rings. The van der Waals surface area contributed by atoms with Crippen molar-refractivity contribution in [3.63, 3.8) is 0 Å². The minimum absolute atomic E-state index is 0.0220. The lowest BCUT2D eigenvalue weighted by atomic mass is 10.0. The van der Waals surface area contributed by atoms with Crippen LogP contribution in [-0.2, 0) is 9.53 Å². The van der Waals surface area contributed by atoms with Gasteiger partial charge in [-0.15, -0.1) is 0 Å². The highest BCUT2D eigenvalue weighted by Crippen LogP contribution is 2.34. The van der Waals surface area contributed by atoms with Gasteiger partial charge in [0.15, 0.2) is 0 Å². The monoisotopic (exact) mass is 126 g/mol. The second kappa shape index (κ2) is 1.72. The van der Waals surface area contributed by atoms with Crippen molar-refractivity contribution in [1.29, 1.82) is 0 Å². The molecule has 2 rings (SSSR count). The first kappa shape index (κ1) is 5.27. The Morgan fingerprint density at radius 3 is 3.11 bits per heavy atom. The Hall–Kier alpha value is -0.530. The van der Waals surface area contributed by atoms with Gasteiger partial charge in [-0.05, 0) is 25.2 Å². The number of carbonyl (C=O) groups is 1. The molecule has 2 heteroatoms. The third-order valence-corrected chi connectivity index (χ3v) is 2.25. The lowest BCUT2D eigenvalue weighted by Crippen LogP contribution is -2.21. The fourth-order valence-corrected chi connectivity index (χ4v) is 1.79. The zero-order valence-electron chi connectivity index (χ0n) is 5.30. The second-order valence-corrected chi connectivity index (χ2v) is 3.00. The zero-order valence-corrected chi connectivity index (χ0v) is 5.30. The number of esters is 1. The summed E-state index contributed by atoms with van der Waals surface area (Å²) in [5, 5.41) is 0. The first-order chi connectivity index (χ1) is 4.34. The minimum atomic E-state index is 0.0220. The number of hydrogen-bond acceptors (Lipinski definition) is 2. The van der Waals surface area contributed by atoms with E-state index in [2.05, 4.69) is 0 Å². The second-order valence-electron chi connectivity index (χ2n) is 3.00. The predicted octanol–water partition coefficient (Wildman–Crippen LogP) is 1.10. The molecule has 2 nitrogen and oxygen atoms in total. The maximum absolute atomic E-state index is 10.7. The Labute approximate surface area is 54.2 Å². The molecule has 0 radical (unpaired) electrons. The quantitative estimate of drug-likeness (QED) is 0.454. The molecule has 0 amide bonds. The van der Waals surface area contributed by atoms with Gasteiger partial charge in [-0.25, -0.2) is 0 Å². The normalized spacial score (nSPS) is 40.7. The minimum Gasteiger partial charge on any atom is -0.462 e. The van der Waals surface area contributed by atoms with Gasteiger partial charge in [0.2, 0.25) is 0 Å². The molecule has 2 bridgehead atoms. The van der Waals surface area contributed by atoms with Crippen LogP contribution < -0.4 is 0 Å². The van der Waals surface area contributed by atoms with E-state index >= 15 is 0 Å². The van der Waals surface area contributed by atoms with Crippen LogP contribution >= 0.6 is 0 Å². The van der Waals surface area contributed by atoms with Gasteiger partial charge in [-0.3, -0.25) is 4.79 Å². The summed E-state index contributed by atoms with van der Waals surface area (Å²) in [4.78, 5) is 10.7. The highest BCUT2D eigenvalue weighted by atomic mass is 16.5. The number of rotatable bonds is 0. The lowest BCUT2D eigenvalue weighted by molar-refractivity contribution is -0.152. The molecule has 0 aromatic heterocycles. The van der Waals surface area contributed by atoms with Gasteiger partial charge in [0.05, 0.1) is 0 Å². The average Bonchev–Trinajstić information content (AvgIpc) is 2.11. The first-order valence-electron chi connectivity index (χ1n) is 3.54. The van der Waals surface area contributed by atoms with Gasteiger partial charge in [0.1, 0.15) is 6.10 Å². The van der Waals surface area contributed by atoms with E-state index in [1.807, 2.05) is 0 Å². The van der Waals surface area contributed by atoms with Gasteiger partial charge < -0.3 is 4.74 Å².